The summed E-state index contributed by atoms with van der Waals surface area (Å²) in [4.78, 5) is 30.1. The van der Waals surface area contributed by atoms with Gasteiger partial charge >= 0.3 is 0 Å². The highest BCUT2D eigenvalue weighted by Gasteiger charge is 2.61. The summed E-state index contributed by atoms with van der Waals surface area (Å²) in [5.41, 5.74) is 0.237. The normalized spacial score (nSPS) is 22.6. The van der Waals surface area contributed by atoms with Crippen LogP contribution in [0, 0.1) is 17.1 Å². The van der Waals surface area contributed by atoms with Gasteiger partial charge in [-0.3, -0.25) is 9.59 Å². The second-order valence-electron chi connectivity index (χ2n) is 6.89. The van der Waals surface area contributed by atoms with E-state index in [1.165, 1.54) is 4.90 Å². The Bertz CT molecular complexity index is 1050. The number of amides is 2. The van der Waals surface area contributed by atoms with Crippen molar-refractivity contribution in [2.45, 2.75) is 18.0 Å². The van der Waals surface area contributed by atoms with E-state index >= 15 is 0 Å². The molecule has 0 saturated heterocycles. The van der Waals surface area contributed by atoms with Gasteiger partial charge in [0.15, 0.2) is 11.6 Å². The lowest BCUT2D eigenvalue weighted by atomic mass is 9.86. The zero-order valence-electron chi connectivity index (χ0n) is 14.4. The molecule has 28 heavy (non-hydrogen) atoms. The van der Waals surface area contributed by atoms with Crippen molar-refractivity contribution in [2.24, 2.45) is 0 Å². The molecule has 4 rings (SSSR count). The predicted octanol–water partition coefficient (Wildman–Crippen LogP) is 2.93. The number of nitrogens with one attached hydrogen (secondary N) is 1. The van der Waals surface area contributed by atoms with E-state index in [0.717, 1.165) is 16.7 Å². The fourth-order valence-corrected chi connectivity index (χ4v) is 3.91. The molecule has 2 heterocycles. The van der Waals surface area contributed by atoms with Gasteiger partial charge in [-0.1, -0.05) is 15.9 Å². The Hall–Kier alpha value is -2.86. The maximum Gasteiger partial charge on any atom is 0.254 e. The first-order chi connectivity index (χ1) is 13.3. The number of halogens is 3. The van der Waals surface area contributed by atoms with Gasteiger partial charge in [0.2, 0.25) is 5.91 Å². The van der Waals surface area contributed by atoms with E-state index in [-0.39, 0.29) is 36.8 Å². The van der Waals surface area contributed by atoms with Crippen LogP contribution < -0.4 is 5.32 Å². The van der Waals surface area contributed by atoms with E-state index in [2.05, 4.69) is 26.2 Å². The summed E-state index contributed by atoms with van der Waals surface area (Å²) < 4.78 is 28.9. The monoisotopic (exact) mass is 446 g/mol. The number of alkyl halides is 1. The number of nitriles is 1. The second-order valence-corrected chi connectivity index (χ2v) is 7.81. The second kappa shape index (κ2) is 6.63. The predicted molar refractivity (Wildman–Crippen MR) is 98.8 cm³/mol. The van der Waals surface area contributed by atoms with Gasteiger partial charge in [0.25, 0.3) is 5.91 Å². The van der Waals surface area contributed by atoms with E-state index in [1.807, 2.05) is 0 Å². The fourth-order valence-electron chi connectivity index (χ4n) is 3.55. The average Bonchev–Trinajstić information content (AvgIpc) is 3.31. The third-order valence-electron chi connectivity index (χ3n) is 5.05. The van der Waals surface area contributed by atoms with Crippen LogP contribution in [-0.2, 0) is 10.2 Å². The minimum absolute atomic E-state index is 0.0223. The summed E-state index contributed by atoms with van der Waals surface area (Å²) >= 11 is 3.35. The Labute approximate surface area is 167 Å². The van der Waals surface area contributed by atoms with E-state index in [1.54, 1.807) is 24.3 Å². The molecule has 2 aromatic rings. The topological polar surface area (TPSA) is 86.1 Å². The van der Waals surface area contributed by atoms with E-state index in [9.17, 15) is 18.4 Å². The summed E-state index contributed by atoms with van der Waals surface area (Å²) in [5.74, 6) is -2.22. The van der Waals surface area contributed by atoms with Gasteiger partial charge in [0, 0.05) is 28.2 Å². The Morgan fingerprint density at radius 1 is 1.46 bits per heavy atom. The summed E-state index contributed by atoms with van der Waals surface area (Å²) in [5, 5.41) is 11.0. The Morgan fingerprint density at radius 2 is 2.21 bits per heavy atom. The first kappa shape index (κ1) is 18.5. The van der Waals surface area contributed by atoms with Crippen molar-refractivity contribution in [3.63, 3.8) is 0 Å². The molecule has 1 fully saturated rings. The van der Waals surface area contributed by atoms with Crippen LogP contribution in [-0.4, -0.2) is 41.0 Å². The highest BCUT2D eigenvalue weighted by atomic mass is 79.9. The van der Waals surface area contributed by atoms with Gasteiger partial charge in [-0.25, -0.2) is 13.8 Å². The number of anilines is 1. The minimum atomic E-state index is -1.09. The number of benzene rings is 1. The van der Waals surface area contributed by atoms with Crippen molar-refractivity contribution >= 4 is 33.6 Å². The number of rotatable bonds is 3. The molecule has 2 aliphatic rings. The van der Waals surface area contributed by atoms with Gasteiger partial charge in [-0.05, 0) is 36.2 Å². The summed E-state index contributed by atoms with van der Waals surface area (Å²) in [6, 6.07) is 7.76. The molecule has 9 heteroatoms. The van der Waals surface area contributed by atoms with Crippen LogP contribution in [0.4, 0.5) is 14.6 Å². The number of nitrogens with zero attached hydrogens (tertiary/aromatic N) is 3. The third kappa shape index (κ3) is 3.03. The summed E-state index contributed by atoms with van der Waals surface area (Å²) in [6.45, 7) is -0.281. The number of pyridine rings is 1. The number of hydrogen-bond donors (Lipinski definition) is 1. The zero-order valence-corrected chi connectivity index (χ0v) is 16.0. The number of carbonyl (C=O) groups is 2. The molecule has 1 aliphatic heterocycles. The van der Waals surface area contributed by atoms with Crippen molar-refractivity contribution in [3.8, 4) is 6.07 Å². The minimum Gasteiger partial charge on any atom is -0.328 e. The number of carbonyl (C=O) groups excluding carboxylic acids is 2. The van der Waals surface area contributed by atoms with Crippen molar-refractivity contribution in [3.05, 3.63) is 57.4 Å². The molecule has 1 aromatic carbocycles. The van der Waals surface area contributed by atoms with Gasteiger partial charge in [-0.2, -0.15) is 5.26 Å². The van der Waals surface area contributed by atoms with Crippen LogP contribution in [0.1, 0.15) is 27.9 Å². The van der Waals surface area contributed by atoms with Gasteiger partial charge in [-0.15, -0.1) is 0 Å². The van der Waals surface area contributed by atoms with Gasteiger partial charge in [0.1, 0.15) is 18.8 Å². The molecule has 1 spiro atoms. The average molecular weight is 447 g/mol. The number of aromatic nitrogens is 1. The highest BCUT2D eigenvalue weighted by Crippen LogP contribution is 2.54. The first-order valence-corrected chi connectivity index (χ1v) is 9.22. The van der Waals surface area contributed by atoms with E-state index in [0.29, 0.717) is 11.1 Å². The Kier molecular flexibility index (Phi) is 4.38. The molecule has 1 aliphatic carbocycles. The molecule has 142 valence electrons. The Balaban J connectivity index is 1.54. The van der Waals surface area contributed by atoms with Crippen LogP contribution in [0.15, 0.2) is 34.9 Å². The van der Waals surface area contributed by atoms with E-state index < -0.39 is 23.3 Å². The first-order valence-electron chi connectivity index (χ1n) is 8.43. The molecular weight excluding hydrogens is 434 g/mol. The largest absolute Gasteiger partial charge is 0.328 e. The van der Waals surface area contributed by atoms with Crippen molar-refractivity contribution in [1.82, 2.24) is 9.88 Å². The number of fused-ring (bicyclic) bond motifs is 2. The molecule has 0 radical (unpaired) electrons. The van der Waals surface area contributed by atoms with Crippen LogP contribution >= 0.6 is 15.9 Å². The van der Waals surface area contributed by atoms with Crippen LogP contribution in [0.5, 0.6) is 0 Å². The zero-order chi connectivity index (χ0) is 20.1. The Morgan fingerprint density at radius 3 is 2.86 bits per heavy atom. The van der Waals surface area contributed by atoms with Crippen molar-refractivity contribution in [1.29, 1.82) is 5.26 Å². The van der Waals surface area contributed by atoms with Crippen LogP contribution in [0.2, 0.25) is 0 Å². The van der Waals surface area contributed by atoms with Crippen molar-refractivity contribution < 1.29 is 18.4 Å². The smallest absolute Gasteiger partial charge is 0.254 e. The quantitative estimate of drug-likeness (QED) is 0.784. The fraction of sp³-hybridized carbons (Fsp3) is 0.263. The molecule has 0 unspecified atom stereocenters. The third-order valence-corrected chi connectivity index (χ3v) is 5.55. The lowest BCUT2D eigenvalue weighted by molar-refractivity contribution is -0.117. The van der Waals surface area contributed by atoms with Crippen LogP contribution in [0.3, 0.4) is 0 Å². The SMILES string of the molecule is N#Cc1cnc(NC(=O)CN2C[C@]3(C[C@@H]3F)c3cc(Br)ccc3C2=O)c(F)c1. The van der Waals surface area contributed by atoms with Crippen molar-refractivity contribution in [2.75, 3.05) is 18.4 Å². The standard InChI is InChI=1S/C19H13BrF2N4O2/c20-11-1-2-12-13(4-11)19(5-15(19)22)9-26(18(12)28)8-16(27)25-17-14(21)3-10(6-23)7-24-17/h1-4,7,15H,5,8-9H2,(H,24,25,27)/t15-,19+/m0/s1. The van der Waals surface area contributed by atoms with E-state index in [4.69, 9.17) is 5.26 Å². The molecule has 1 saturated carbocycles. The molecule has 0 bridgehead atoms. The van der Waals surface area contributed by atoms with Gasteiger partial charge in [0.05, 0.1) is 5.56 Å². The van der Waals surface area contributed by atoms with Crippen LogP contribution in [0.25, 0.3) is 0 Å². The maximum absolute atomic E-state index is 14.2. The molecule has 2 atom stereocenters. The molecule has 2 amide bonds. The summed E-state index contributed by atoms with van der Waals surface area (Å²) in [6.07, 6.45) is 0.330. The highest BCUT2D eigenvalue weighted by molar-refractivity contribution is 9.10. The molecular formula is C19H13BrF2N4O2. The molecule has 1 N–H and O–H groups in total. The summed E-state index contributed by atoms with van der Waals surface area (Å²) in [7, 11) is 0. The lowest BCUT2D eigenvalue weighted by Crippen LogP contribution is -2.47. The maximum atomic E-state index is 14.2. The molecule has 6 nitrogen and oxygen atoms in total. The van der Waals surface area contributed by atoms with Gasteiger partial charge < -0.3 is 10.2 Å². The molecule has 1 aromatic heterocycles. The lowest BCUT2D eigenvalue weighted by Gasteiger charge is -2.34. The number of hydrogen-bond acceptors (Lipinski definition) is 4.